The topological polar surface area (TPSA) is 29.5 Å². The zero-order valence-corrected chi connectivity index (χ0v) is 18.8. The summed E-state index contributed by atoms with van der Waals surface area (Å²) in [6.45, 7) is 0. The fourth-order valence-corrected chi connectivity index (χ4v) is 4.66. The third-order valence-corrected chi connectivity index (χ3v) is 6.43. The Morgan fingerprint density at radius 3 is 1.75 bits per heavy atom. The molecule has 0 bridgehead atoms. The first-order valence-corrected chi connectivity index (χ1v) is 12.1. The molecule has 5 rings (SSSR count). The first-order chi connectivity index (χ1) is 15.8. The normalized spacial score (nSPS) is 16.8. The monoisotopic (exact) mass is 440 g/mol. The number of hydrogen-bond donors (Lipinski definition) is 1. The summed E-state index contributed by atoms with van der Waals surface area (Å²) < 4.78 is 5.88. The van der Waals surface area contributed by atoms with E-state index in [1.807, 2.05) is 66.4 Å². The molecule has 3 heteroatoms. The minimum absolute atomic E-state index is 0.258. The maximum Gasteiger partial charge on any atom is 0.150 e. The van der Waals surface area contributed by atoms with Crippen LogP contribution >= 0.6 is 11.8 Å². The molecule has 2 unspecified atom stereocenters. The largest absolute Gasteiger partial charge is 0.483 e. The molecule has 2 atom stereocenters. The number of fused-ring (bicyclic) bond motifs is 1. The van der Waals surface area contributed by atoms with Gasteiger partial charge in [0.2, 0.25) is 0 Å². The summed E-state index contributed by atoms with van der Waals surface area (Å²) in [7, 11) is 0. The van der Waals surface area contributed by atoms with Crippen molar-refractivity contribution in [1.29, 1.82) is 0 Å². The first kappa shape index (κ1) is 22.2. The Hall–Kier alpha value is -3.01. The molecule has 32 heavy (non-hydrogen) atoms. The predicted octanol–water partition coefficient (Wildman–Crippen LogP) is 6.84. The Morgan fingerprint density at radius 2 is 1.16 bits per heavy atom. The van der Waals surface area contributed by atoms with Crippen LogP contribution in [0.15, 0.2) is 115 Å². The van der Waals surface area contributed by atoms with Crippen molar-refractivity contribution in [3.8, 4) is 5.75 Å². The summed E-state index contributed by atoms with van der Waals surface area (Å²) >= 11 is 1.96. The third-order valence-electron chi connectivity index (χ3n) is 5.36. The molecular formula is C29H28O2S. The van der Waals surface area contributed by atoms with Crippen molar-refractivity contribution in [2.45, 2.75) is 30.1 Å². The summed E-state index contributed by atoms with van der Waals surface area (Å²) in [6, 6.07) is 39.0. The van der Waals surface area contributed by atoms with Gasteiger partial charge in [0.15, 0.2) is 0 Å². The smallest absolute Gasteiger partial charge is 0.150 e. The highest BCUT2D eigenvalue weighted by atomic mass is 32.2. The van der Waals surface area contributed by atoms with Crippen molar-refractivity contribution in [3.05, 3.63) is 138 Å². The van der Waals surface area contributed by atoms with Crippen LogP contribution in [0.1, 0.15) is 28.4 Å². The number of rotatable bonds is 5. The van der Waals surface area contributed by atoms with Crippen molar-refractivity contribution in [1.82, 2.24) is 0 Å². The van der Waals surface area contributed by atoms with Crippen LogP contribution in [-0.4, -0.2) is 11.2 Å². The van der Waals surface area contributed by atoms with Crippen LogP contribution in [0.25, 0.3) is 0 Å². The number of benzene rings is 4. The van der Waals surface area contributed by atoms with Crippen LogP contribution in [0.3, 0.4) is 0 Å². The molecule has 0 saturated carbocycles. The van der Waals surface area contributed by atoms with E-state index >= 15 is 0 Å². The van der Waals surface area contributed by atoms with E-state index in [1.54, 1.807) is 0 Å². The lowest BCUT2D eigenvalue weighted by atomic mass is 9.95. The lowest BCUT2D eigenvalue weighted by Gasteiger charge is -2.30. The molecule has 4 aromatic carbocycles. The van der Waals surface area contributed by atoms with Gasteiger partial charge in [0.05, 0.1) is 6.10 Å². The lowest BCUT2D eigenvalue weighted by Crippen LogP contribution is -2.30. The van der Waals surface area contributed by atoms with Gasteiger partial charge in [-0.1, -0.05) is 109 Å². The van der Waals surface area contributed by atoms with Crippen molar-refractivity contribution in [2.75, 3.05) is 0 Å². The van der Waals surface area contributed by atoms with Crippen LogP contribution in [0.4, 0.5) is 0 Å². The van der Waals surface area contributed by atoms with E-state index < -0.39 is 6.10 Å². The number of ether oxygens (including phenoxy) is 1. The van der Waals surface area contributed by atoms with E-state index in [-0.39, 0.29) is 6.10 Å². The third kappa shape index (κ3) is 6.25. The quantitative estimate of drug-likeness (QED) is 0.368. The molecule has 0 radical (unpaired) electrons. The highest BCUT2D eigenvalue weighted by molar-refractivity contribution is 7.97. The predicted molar refractivity (Wildman–Crippen MR) is 134 cm³/mol. The van der Waals surface area contributed by atoms with Gasteiger partial charge in [-0.05, 0) is 28.3 Å². The van der Waals surface area contributed by atoms with Crippen molar-refractivity contribution in [2.24, 2.45) is 0 Å². The fourth-order valence-electron chi connectivity index (χ4n) is 3.70. The molecule has 1 aliphatic heterocycles. The molecule has 162 valence electrons. The highest BCUT2D eigenvalue weighted by Gasteiger charge is 2.29. The zero-order chi connectivity index (χ0) is 22.0. The van der Waals surface area contributed by atoms with Gasteiger partial charge >= 0.3 is 0 Å². The second kappa shape index (κ2) is 11.6. The molecule has 0 saturated heterocycles. The van der Waals surface area contributed by atoms with E-state index in [0.29, 0.717) is 6.42 Å². The van der Waals surface area contributed by atoms with Crippen molar-refractivity contribution in [3.63, 3.8) is 0 Å². The van der Waals surface area contributed by atoms with Gasteiger partial charge in [0, 0.05) is 17.9 Å². The Morgan fingerprint density at radius 1 is 0.656 bits per heavy atom. The van der Waals surface area contributed by atoms with E-state index in [9.17, 15) is 5.11 Å². The van der Waals surface area contributed by atoms with E-state index in [4.69, 9.17) is 4.74 Å². The van der Waals surface area contributed by atoms with Crippen LogP contribution in [0.2, 0.25) is 0 Å². The van der Waals surface area contributed by atoms with Gasteiger partial charge in [-0.15, -0.1) is 0 Å². The molecule has 1 N–H and O–H groups in total. The second-order valence-corrected chi connectivity index (χ2v) is 8.78. The lowest BCUT2D eigenvalue weighted by molar-refractivity contribution is 0.0208. The first-order valence-electron chi connectivity index (χ1n) is 10.9. The van der Waals surface area contributed by atoms with Gasteiger partial charge < -0.3 is 9.84 Å². The number of thioether (sulfide) groups is 1. The van der Waals surface area contributed by atoms with Gasteiger partial charge in [0.25, 0.3) is 0 Å². The summed E-state index contributed by atoms with van der Waals surface area (Å²) in [5, 5.41) is 10.1. The SMILES string of the molecule is OC1Cc2ccccc2OC1c1ccccc1.c1ccc(CSCc2ccccc2)cc1. The molecule has 0 fully saturated rings. The van der Waals surface area contributed by atoms with Crippen molar-refractivity contribution < 1.29 is 9.84 Å². The van der Waals surface area contributed by atoms with Crippen LogP contribution < -0.4 is 4.74 Å². The Bertz CT molecular complexity index is 1030. The minimum Gasteiger partial charge on any atom is -0.483 e. The summed E-state index contributed by atoms with van der Waals surface area (Å²) in [6.07, 6.45) is -0.0890. The average Bonchev–Trinajstić information content (AvgIpc) is 2.86. The van der Waals surface area contributed by atoms with E-state index in [1.165, 1.54) is 11.1 Å². The van der Waals surface area contributed by atoms with Gasteiger partial charge in [-0.2, -0.15) is 11.8 Å². The van der Waals surface area contributed by atoms with Crippen molar-refractivity contribution >= 4 is 11.8 Å². The summed E-state index contributed by atoms with van der Waals surface area (Å²) in [4.78, 5) is 0. The molecule has 2 nitrogen and oxygen atoms in total. The Balaban J connectivity index is 0.000000155. The maximum atomic E-state index is 10.1. The van der Waals surface area contributed by atoms with Gasteiger partial charge in [-0.25, -0.2) is 0 Å². The molecule has 0 aliphatic carbocycles. The number of aliphatic hydroxyl groups is 1. The summed E-state index contributed by atoms with van der Waals surface area (Å²) in [5.41, 5.74) is 4.90. The molecule has 1 aliphatic rings. The van der Waals surface area contributed by atoms with Gasteiger partial charge in [0.1, 0.15) is 11.9 Å². The molecule has 4 aromatic rings. The standard InChI is InChI=1S/C15H14O2.C14H14S/c16-13-10-12-8-4-5-9-14(12)17-15(13)11-6-2-1-3-7-11;1-3-7-13(8-4-1)11-15-12-14-9-5-2-6-10-14/h1-9,13,15-16H,10H2;1-10H,11-12H2. The molecule has 0 amide bonds. The van der Waals surface area contributed by atoms with Gasteiger partial charge in [-0.3, -0.25) is 0 Å². The minimum atomic E-state index is -0.479. The van der Waals surface area contributed by atoms with Crippen LogP contribution in [0.5, 0.6) is 5.75 Å². The van der Waals surface area contributed by atoms with E-state index in [2.05, 4.69) is 60.7 Å². The molecule has 0 spiro atoms. The Labute approximate surface area is 194 Å². The molecule has 1 heterocycles. The van der Waals surface area contributed by atoms with Crippen LogP contribution in [0, 0.1) is 0 Å². The van der Waals surface area contributed by atoms with Crippen LogP contribution in [-0.2, 0) is 17.9 Å². The Kier molecular flexibility index (Phi) is 8.02. The second-order valence-electron chi connectivity index (χ2n) is 7.79. The van der Waals surface area contributed by atoms with E-state index in [0.717, 1.165) is 28.4 Å². The molecule has 0 aromatic heterocycles. The number of hydrogen-bond acceptors (Lipinski definition) is 3. The zero-order valence-electron chi connectivity index (χ0n) is 18.0. The molecular weight excluding hydrogens is 412 g/mol. The highest BCUT2D eigenvalue weighted by Crippen LogP contribution is 2.34. The maximum absolute atomic E-state index is 10.1. The average molecular weight is 441 g/mol. The number of para-hydroxylation sites is 1. The fraction of sp³-hybridized carbons (Fsp3) is 0.172. The summed E-state index contributed by atoms with van der Waals surface area (Å²) in [5.74, 6) is 3.07. The number of aliphatic hydroxyl groups excluding tert-OH is 1.